The first kappa shape index (κ1) is 26.6. The van der Waals surface area contributed by atoms with Gasteiger partial charge in [0.15, 0.2) is 0 Å². The zero-order valence-electron chi connectivity index (χ0n) is 14.9. The van der Waals surface area contributed by atoms with Gasteiger partial charge in [0.2, 0.25) is 0 Å². The number of hydrogen-bond acceptors (Lipinski definition) is 4. The Kier molecular flexibility index (Phi) is 23.9. The van der Waals surface area contributed by atoms with Gasteiger partial charge in [-0.1, -0.05) is 25.7 Å². The molecule has 0 aromatic carbocycles. The van der Waals surface area contributed by atoms with Gasteiger partial charge in [0.05, 0.1) is 13.2 Å². The molecular weight excluding hydrogens is 296 g/mol. The van der Waals surface area contributed by atoms with E-state index < -0.39 is 0 Å². The number of Topliss-reactive ketones (excluding diaryl/α,β-unsaturated/α-hetero) is 1. The van der Waals surface area contributed by atoms with E-state index >= 15 is 0 Å². The monoisotopic (exact) mass is 332 g/mol. The molecule has 0 bridgehead atoms. The van der Waals surface area contributed by atoms with Crippen molar-refractivity contribution in [3.8, 4) is 0 Å². The third-order valence-electron chi connectivity index (χ3n) is 3.31. The first-order valence-electron chi connectivity index (χ1n) is 8.09. The van der Waals surface area contributed by atoms with Crippen LogP contribution in [0.5, 0.6) is 0 Å². The molecule has 1 aliphatic rings. The van der Waals surface area contributed by atoms with Crippen LogP contribution in [-0.4, -0.2) is 36.2 Å². The Morgan fingerprint density at radius 1 is 1.13 bits per heavy atom. The molecule has 0 atom stereocenters. The number of hydrogen-bond donors (Lipinski definition) is 1. The molecule has 0 saturated heterocycles. The summed E-state index contributed by atoms with van der Waals surface area (Å²) in [6, 6.07) is 0. The molecular formula is C18H36O5. The molecule has 0 radical (unpaired) electrons. The van der Waals surface area contributed by atoms with E-state index in [2.05, 4.69) is 24.5 Å². The van der Waals surface area contributed by atoms with Crippen LogP contribution in [0, 0.1) is 0 Å². The highest BCUT2D eigenvalue weighted by atomic mass is 16.6. The number of ketones is 1. The van der Waals surface area contributed by atoms with Crippen molar-refractivity contribution in [2.45, 2.75) is 70.8 Å². The highest BCUT2D eigenvalue weighted by molar-refractivity contribution is 5.75. The number of unbranched alkanes of at least 4 members (excludes halogenated alkanes) is 2. The van der Waals surface area contributed by atoms with Gasteiger partial charge in [-0.05, 0) is 39.2 Å². The van der Waals surface area contributed by atoms with Gasteiger partial charge in [-0.15, -0.1) is 13.2 Å². The zero-order chi connectivity index (χ0) is 17.2. The molecule has 1 aliphatic carbocycles. The van der Waals surface area contributed by atoms with Crippen LogP contribution in [0.15, 0.2) is 25.7 Å². The number of carbonyl (C=O) groups is 1. The standard InChI is InChI=1S/C13H24O2.C3H6O2.C2H4.H2O/c1-12(14)8-4-3-7-11-15-13-9-5-2-6-10-13;1-3(4)5-2;1-2;/h13H,2-11H2,1H3;4H,1H2,2H3;1-2H2;1H2. The van der Waals surface area contributed by atoms with E-state index in [1.165, 1.54) is 39.2 Å². The second-order valence-electron chi connectivity index (χ2n) is 5.24. The van der Waals surface area contributed by atoms with Crippen LogP contribution in [0.25, 0.3) is 0 Å². The van der Waals surface area contributed by atoms with E-state index in [1.54, 1.807) is 6.92 Å². The Hall–Kier alpha value is -1.33. The molecule has 0 unspecified atom stereocenters. The van der Waals surface area contributed by atoms with Gasteiger partial charge in [-0.2, -0.15) is 0 Å². The van der Waals surface area contributed by atoms with Crippen LogP contribution in [-0.2, 0) is 14.3 Å². The fourth-order valence-electron chi connectivity index (χ4n) is 2.13. The number of methoxy groups -OCH3 is 1. The molecule has 138 valence electrons. The molecule has 23 heavy (non-hydrogen) atoms. The average molecular weight is 332 g/mol. The molecule has 1 rings (SSSR count). The molecule has 0 heterocycles. The number of carbonyl (C=O) groups excluding carboxylic acids is 1. The summed E-state index contributed by atoms with van der Waals surface area (Å²) in [6.45, 7) is 11.6. The van der Waals surface area contributed by atoms with Gasteiger partial charge in [-0.25, -0.2) is 0 Å². The van der Waals surface area contributed by atoms with Crippen molar-refractivity contribution >= 4 is 5.78 Å². The number of aliphatic hydroxyl groups excluding tert-OH is 1. The van der Waals surface area contributed by atoms with Gasteiger partial charge < -0.3 is 24.9 Å². The lowest BCUT2D eigenvalue weighted by atomic mass is 9.98. The quantitative estimate of drug-likeness (QED) is 0.411. The zero-order valence-corrected chi connectivity index (χ0v) is 14.9. The van der Waals surface area contributed by atoms with Gasteiger partial charge >= 0.3 is 0 Å². The van der Waals surface area contributed by atoms with Gasteiger partial charge in [0.1, 0.15) is 5.78 Å². The largest absolute Gasteiger partial charge is 0.481 e. The van der Waals surface area contributed by atoms with Gasteiger partial charge in [0, 0.05) is 13.0 Å². The fourth-order valence-corrected chi connectivity index (χ4v) is 2.13. The van der Waals surface area contributed by atoms with Crippen LogP contribution in [0.3, 0.4) is 0 Å². The number of rotatable bonds is 8. The van der Waals surface area contributed by atoms with E-state index in [0.717, 1.165) is 32.3 Å². The van der Waals surface area contributed by atoms with Crippen molar-refractivity contribution < 1.29 is 24.9 Å². The highest BCUT2D eigenvalue weighted by Crippen LogP contribution is 2.20. The first-order chi connectivity index (χ1) is 10.6. The molecule has 5 heteroatoms. The van der Waals surface area contributed by atoms with Crippen molar-refractivity contribution in [2.24, 2.45) is 0 Å². The number of aliphatic hydroxyl groups is 1. The lowest BCUT2D eigenvalue weighted by molar-refractivity contribution is -0.117. The molecule has 3 N–H and O–H groups in total. The van der Waals surface area contributed by atoms with Crippen LogP contribution in [0.1, 0.15) is 64.7 Å². The lowest BCUT2D eigenvalue weighted by Gasteiger charge is -2.21. The Bertz CT molecular complexity index is 273. The summed E-state index contributed by atoms with van der Waals surface area (Å²) >= 11 is 0. The lowest BCUT2D eigenvalue weighted by Crippen LogP contribution is -2.17. The topological polar surface area (TPSA) is 87.3 Å². The molecule has 0 aliphatic heterocycles. The van der Waals surface area contributed by atoms with E-state index in [1.807, 2.05) is 0 Å². The van der Waals surface area contributed by atoms with Crippen molar-refractivity contribution in [1.82, 2.24) is 0 Å². The van der Waals surface area contributed by atoms with Crippen LogP contribution in [0.4, 0.5) is 0 Å². The van der Waals surface area contributed by atoms with E-state index in [4.69, 9.17) is 9.84 Å². The second-order valence-corrected chi connectivity index (χ2v) is 5.24. The maximum Gasteiger partial charge on any atom is 0.268 e. The predicted molar refractivity (Wildman–Crippen MR) is 95.6 cm³/mol. The molecule has 0 aromatic rings. The minimum absolute atomic E-state index is 0. The molecule has 0 amide bonds. The number of ether oxygens (including phenoxy) is 2. The molecule has 1 fully saturated rings. The molecule has 0 spiro atoms. The summed E-state index contributed by atoms with van der Waals surface area (Å²) in [5, 5.41) is 7.94. The third kappa shape index (κ3) is 23.1. The predicted octanol–water partition coefficient (Wildman–Crippen LogP) is 4.12. The Morgan fingerprint density at radius 2 is 1.65 bits per heavy atom. The summed E-state index contributed by atoms with van der Waals surface area (Å²) in [6.07, 6.45) is 11.1. The van der Waals surface area contributed by atoms with E-state index in [-0.39, 0.29) is 11.4 Å². The Balaban J connectivity index is -0.000000429. The van der Waals surface area contributed by atoms with Crippen molar-refractivity contribution in [3.05, 3.63) is 25.7 Å². The summed E-state index contributed by atoms with van der Waals surface area (Å²) < 4.78 is 9.92. The van der Waals surface area contributed by atoms with Crippen molar-refractivity contribution in [1.29, 1.82) is 0 Å². The van der Waals surface area contributed by atoms with Crippen LogP contribution < -0.4 is 0 Å². The minimum Gasteiger partial charge on any atom is -0.481 e. The SMILES string of the molecule is C=C.C=C(O)OC.CC(=O)CCCCCOC1CCCCC1.O. The third-order valence-corrected chi connectivity index (χ3v) is 3.31. The van der Waals surface area contributed by atoms with Gasteiger partial charge in [-0.3, -0.25) is 0 Å². The summed E-state index contributed by atoms with van der Waals surface area (Å²) in [5.41, 5.74) is 0. The minimum atomic E-state index is -0.245. The average Bonchev–Trinajstić information content (AvgIpc) is 2.54. The molecule has 1 saturated carbocycles. The van der Waals surface area contributed by atoms with Gasteiger partial charge in [0.25, 0.3) is 5.95 Å². The second kappa shape index (κ2) is 20.7. The van der Waals surface area contributed by atoms with Crippen molar-refractivity contribution in [3.63, 3.8) is 0 Å². The van der Waals surface area contributed by atoms with Crippen molar-refractivity contribution in [2.75, 3.05) is 13.7 Å². The fraction of sp³-hybridized carbons (Fsp3) is 0.722. The summed E-state index contributed by atoms with van der Waals surface area (Å²) in [7, 11) is 1.35. The van der Waals surface area contributed by atoms with Crippen LogP contribution in [0.2, 0.25) is 0 Å². The molecule has 0 aromatic heterocycles. The summed E-state index contributed by atoms with van der Waals surface area (Å²) in [4.78, 5) is 10.7. The van der Waals surface area contributed by atoms with E-state index in [0.29, 0.717) is 11.9 Å². The Morgan fingerprint density at radius 3 is 2.09 bits per heavy atom. The summed E-state index contributed by atoms with van der Waals surface area (Å²) in [5.74, 6) is 0.0631. The smallest absolute Gasteiger partial charge is 0.268 e. The molecule has 5 nitrogen and oxygen atoms in total. The van der Waals surface area contributed by atoms with E-state index in [9.17, 15) is 4.79 Å². The normalized spacial score (nSPS) is 13.3. The maximum absolute atomic E-state index is 10.7. The Labute approximate surface area is 141 Å². The highest BCUT2D eigenvalue weighted by Gasteiger charge is 2.12. The maximum atomic E-state index is 10.7. The van der Waals surface area contributed by atoms with Crippen LogP contribution >= 0.6 is 0 Å². The first-order valence-corrected chi connectivity index (χ1v) is 8.09.